The number of hydrogen-bond acceptors (Lipinski definition) is 3. The molecule has 1 unspecified atom stereocenters. The summed E-state index contributed by atoms with van der Waals surface area (Å²) < 4.78 is 5.12. The first-order valence-corrected chi connectivity index (χ1v) is 9.48. The molecule has 0 aliphatic heterocycles. The number of rotatable bonds is 6. The van der Waals surface area contributed by atoms with E-state index in [-0.39, 0.29) is 23.1 Å². The number of amides is 2. The molecule has 2 amide bonds. The van der Waals surface area contributed by atoms with E-state index < -0.39 is 6.04 Å². The Labute approximate surface area is 167 Å². The van der Waals surface area contributed by atoms with E-state index >= 15 is 0 Å². The molecule has 0 radical (unpaired) electrons. The van der Waals surface area contributed by atoms with Crippen LogP contribution in [-0.4, -0.2) is 25.0 Å². The number of benzene rings is 2. The van der Waals surface area contributed by atoms with Crippen molar-refractivity contribution in [1.82, 2.24) is 5.32 Å². The molecule has 28 heavy (non-hydrogen) atoms. The van der Waals surface area contributed by atoms with Gasteiger partial charge in [-0.05, 0) is 53.3 Å². The number of carbonyl (C=O) groups is 2. The second kappa shape index (κ2) is 8.91. The lowest BCUT2D eigenvalue weighted by molar-refractivity contribution is -0.118. The van der Waals surface area contributed by atoms with Gasteiger partial charge in [0.1, 0.15) is 11.8 Å². The lowest BCUT2D eigenvalue weighted by atomic mass is 9.86. The summed E-state index contributed by atoms with van der Waals surface area (Å²) in [6.45, 7) is 10.2. The van der Waals surface area contributed by atoms with Gasteiger partial charge in [-0.2, -0.15) is 0 Å². The zero-order valence-electron chi connectivity index (χ0n) is 17.5. The van der Waals surface area contributed by atoms with Crippen molar-refractivity contribution in [2.75, 3.05) is 12.4 Å². The fourth-order valence-electron chi connectivity index (χ4n) is 2.78. The largest absolute Gasteiger partial charge is 0.497 e. The molecule has 2 N–H and O–H groups in total. The maximum Gasteiger partial charge on any atom is 0.251 e. The molecule has 2 aromatic rings. The Morgan fingerprint density at radius 2 is 1.50 bits per heavy atom. The van der Waals surface area contributed by atoms with Crippen LogP contribution in [0.1, 0.15) is 50.5 Å². The number of ether oxygens (including phenoxy) is 1. The van der Waals surface area contributed by atoms with Crippen LogP contribution in [0.4, 0.5) is 5.69 Å². The Morgan fingerprint density at radius 3 is 1.96 bits per heavy atom. The van der Waals surface area contributed by atoms with Crippen molar-refractivity contribution < 1.29 is 14.3 Å². The van der Waals surface area contributed by atoms with E-state index in [1.807, 2.05) is 26.0 Å². The van der Waals surface area contributed by atoms with Crippen LogP contribution in [0, 0.1) is 5.92 Å². The molecule has 0 heterocycles. The Morgan fingerprint density at radius 1 is 0.929 bits per heavy atom. The molecule has 5 nitrogen and oxygen atoms in total. The van der Waals surface area contributed by atoms with Crippen LogP contribution < -0.4 is 15.4 Å². The van der Waals surface area contributed by atoms with Crippen molar-refractivity contribution in [2.24, 2.45) is 5.92 Å². The topological polar surface area (TPSA) is 67.4 Å². The van der Waals surface area contributed by atoms with E-state index in [0.717, 1.165) is 5.56 Å². The average Bonchev–Trinajstić information content (AvgIpc) is 2.65. The highest BCUT2D eigenvalue weighted by molar-refractivity contribution is 6.01. The molecule has 5 heteroatoms. The quantitative estimate of drug-likeness (QED) is 0.779. The second-order valence-electron chi connectivity index (χ2n) is 8.24. The first-order chi connectivity index (χ1) is 13.1. The molecule has 0 saturated heterocycles. The lowest BCUT2D eigenvalue weighted by Gasteiger charge is -2.22. The van der Waals surface area contributed by atoms with Crippen LogP contribution in [0.5, 0.6) is 5.75 Å². The van der Waals surface area contributed by atoms with E-state index in [2.05, 4.69) is 31.4 Å². The predicted octanol–water partition coefficient (Wildman–Crippen LogP) is 4.39. The van der Waals surface area contributed by atoms with Crippen molar-refractivity contribution in [1.29, 1.82) is 0 Å². The Kier molecular flexibility index (Phi) is 6.84. The van der Waals surface area contributed by atoms with Crippen LogP contribution in [0.3, 0.4) is 0 Å². The summed E-state index contributed by atoms with van der Waals surface area (Å²) in [6, 6.07) is 13.9. The lowest BCUT2D eigenvalue weighted by Crippen LogP contribution is -2.47. The molecule has 0 spiro atoms. The molecule has 150 valence electrons. The highest BCUT2D eigenvalue weighted by Crippen LogP contribution is 2.22. The van der Waals surface area contributed by atoms with E-state index in [1.54, 1.807) is 43.5 Å². The predicted molar refractivity (Wildman–Crippen MR) is 113 cm³/mol. The number of nitrogens with one attached hydrogen (secondary N) is 2. The highest BCUT2D eigenvalue weighted by Gasteiger charge is 2.25. The van der Waals surface area contributed by atoms with Crippen LogP contribution in [-0.2, 0) is 10.2 Å². The van der Waals surface area contributed by atoms with Gasteiger partial charge in [0.25, 0.3) is 5.91 Å². The van der Waals surface area contributed by atoms with Gasteiger partial charge in [-0.1, -0.05) is 46.8 Å². The molecule has 2 aromatic carbocycles. The third-order valence-electron chi connectivity index (χ3n) is 4.61. The van der Waals surface area contributed by atoms with Gasteiger partial charge in [-0.25, -0.2) is 0 Å². The summed E-state index contributed by atoms with van der Waals surface area (Å²) in [4.78, 5) is 25.4. The van der Waals surface area contributed by atoms with Gasteiger partial charge in [0.15, 0.2) is 0 Å². The third-order valence-corrected chi connectivity index (χ3v) is 4.61. The van der Waals surface area contributed by atoms with Crippen molar-refractivity contribution in [2.45, 2.75) is 46.1 Å². The standard InChI is InChI=1S/C23H30N2O3/c1-15(2)20(22(27)24-18-11-13-19(28-6)14-12-18)25-21(26)16-7-9-17(10-8-16)23(3,4)5/h7-15,20H,1-6H3,(H,24,27)(H,25,26). The Bertz CT molecular complexity index is 803. The molecule has 1 atom stereocenters. The molecular formula is C23H30N2O3. The van der Waals surface area contributed by atoms with Gasteiger partial charge in [0.05, 0.1) is 7.11 Å². The maximum atomic E-state index is 12.7. The van der Waals surface area contributed by atoms with E-state index in [1.165, 1.54) is 0 Å². The van der Waals surface area contributed by atoms with Crippen molar-refractivity contribution in [3.8, 4) is 5.75 Å². The van der Waals surface area contributed by atoms with Crippen molar-refractivity contribution >= 4 is 17.5 Å². The van der Waals surface area contributed by atoms with E-state index in [0.29, 0.717) is 17.0 Å². The molecule has 0 fully saturated rings. The molecule has 0 aromatic heterocycles. The van der Waals surface area contributed by atoms with Gasteiger partial charge >= 0.3 is 0 Å². The van der Waals surface area contributed by atoms with Gasteiger partial charge in [0.2, 0.25) is 5.91 Å². The summed E-state index contributed by atoms with van der Waals surface area (Å²) in [5.74, 6) is 0.144. The molecular weight excluding hydrogens is 352 g/mol. The molecule has 2 rings (SSSR count). The molecule has 0 bridgehead atoms. The van der Waals surface area contributed by atoms with Crippen LogP contribution >= 0.6 is 0 Å². The fourth-order valence-corrected chi connectivity index (χ4v) is 2.78. The average molecular weight is 383 g/mol. The van der Waals surface area contributed by atoms with Crippen LogP contribution in [0.15, 0.2) is 48.5 Å². The van der Waals surface area contributed by atoms with Crippen molar-refractivity contribution in [3.05, 3.63) is 59.7 Å². The van der Waals surface area contributed by atoms with Gasteiger partial charge in [-0.15, -0.1) is 0 Å². The monoisotopic (exact) mass is 382 g/mol. The third kappa shape index (κ3) is 5.59. The summed E-state index contributed by atoms with van der Waals surface area (Å²) in [5, 5.41) is 5.71. The minimum atomic E-state index is -0.642. The number of methoxy groups -OCH3 is 1. The second-order valence-corrected chi connectivity index (χ2v) is 8.24. The van der Waals surface area contributed by atoms with Crippen LogP contribution in [0.2, 0.25) is 0 Å². The van der Waals surface area contributed by atoms with Crippen molar-refractivity contribution in [3.63, 3.8) is 0 Å². The van der Waals surface area contributed by atoms with E-state index in [4.69, 9.17) is 4.74 Å². The highest BCUT2D eigenvalue weighted by atomic mass is 16.5. The molecule has 0 aliphatic carbocycles. The SMILES string of the molecule is COc1ccc(NC(=O)C(NC(=O)c2ccc(C(C)(C)C)cc2)C(C)C)cc1. The molecule has 0 saturated carbocycles. The summed E-state index contributed by atoms with van der Waals surface area (Å²) in [7, 11) is 1.59. The Hall–Kier alpha value is -2.82. The van der Waals surface area contributed by atoms with E-state index in [9.17, 15) is 9.59 Å². The summed E-state index contributed by atoms with van der Waals surface area (Å²) in [5.41, 5.74) is 2.37. The van der Waals surface area contributed by atoms with Gasteiger partial charge < -0.3 is 15.4 Å². The number of hydrogen-bond donors (Lipinski definition) is 2. The zero-order chi connectivity index (χ0) is 20.9. The molecule has 0 aliphatic rings. The number of anilines is 1. The van der Waals surface area contributed by atoms with Crippen LogP contribution in [0.25, 0.3) is 0 Å². The summed E-state index contributed by atoms with van der Waals surface area (Å²) in [6.07, 6.45) is 0. The first kappa shape index (κ1) is 21.5. The minimum absolute atomic E-state index is 0.0216. The Balaban J connectivity index is 2.08. The summed E-state index contributed by atoms with van der Waals surface area (Å²) >= 11 is 0. The number of carbonyl (C=O) groups excluding carboxylic acids is 2. The first-order valence-electron chi connectivity index (χ1n) is 9.48. The maximum absolute atomic E-state index is 12.7. The van der Waals surface area contributed by atoms with Gasteiger partial charge in [0, 0.05) is 11.3 Å². The smallest absolute Gasteiger partial charge is 0.251 e. The fraction of sp³-hybridized carbons (Fsp3) is 0.391. The zero-order valence-corrected chi connectivity index (χ0v) is 17.5. The van der Waals surface area contributed by atoms with Gasteiger partial charge in [-0.3, -0.25) is 9.59 Å². The minimum Gasteiger partial charge on any atom is -0.497 e. The normalized spacial score (nSPS) is 12.4.